The number of nitrogens with one attached hydrogen (secondary N) is 2. The summed E-state index contributed by atoms with van der Waals surface area (Å²) in [5.41, 5.74) is 0. The summed E-state index contributed by atoms with van der Waals surface area (Å²) < 4.78 is 0. The van der Waals surface area contributed by atoms with Crippen molar-refractivity contribution in [1.29, 1.82) is 0 Å². The average molecular weight is 196 g/mol. The van der Waals surface area contributed by atoms with E-state index in [4.69, 9.17) is 0 Å². The van der Waals surface area contributed by atoms with Gasteiger partial charge in [-0.1, -0.05) is 20.3 Å². The molecule has 0 aromatic rings. The molecule has 82 valence electrons. The van der Waals surface area contributed by atoms with E-state index in [1.807, 2.05) is 0 Å². The molecule has 0 amide bonds. The molecule has 2 fully saturated rings. The molecule has 0 spiro atoms. The van der Waals surface area contributed by atoms with E-state index in [0.29, 0.717) is 0 Å². The van der Waals surface area contributed by atoms with Gasteiger partial charge in [0.15, 0.2) is 0 Å². The highest BCUT2D eigenvalue weighted by atomic mass is 15.1. The van der Waals surface area contributed by atoms with Crippen molar-refractivity contribution < 1.29 is 0 Å². The smallest absolute Gasteiger partial charge is 0.0193 e. The molecule has 0 aliphatic carbocycles. The lowest BCUT2D eigenvalue weighted by Crippen LogP contribution is -2.41. The first-order valence-corrected chi connectivity index (χ1v) is 6.21. The summed E-state index contributed by atoms with van der Waals surface area (Å²) in [6.07, 6.45) is 4.28. The SMILES string of the molecule is CC1CNCC(C)C1CCCC1CN1. The third kappa shape index (κ3) is 2.71. The van der Waals surface area contributed by atoms with Gasteiger partial charge in [-0.3, -0.25) is 0 Å². The van der Waals surface area contributed by atoms with Crippen LogP contribution in [0.25, 0.3) is 0 Å². The van der Waals surface area contributed by atoms with Gasteiger partial charge in [-0.25, -0.2) is 0 Å². The van der Waals surface area contributed by atoms with E-state index in [1.165, 1.54) is 38.9 Å². The summed E-state index contributed by atoms with van der Waals surface area (Å²) >= 11 is 0. The molecule has 3 unspecified atom stereocenters. The Hall–Kier alpha value is -0.0800. The molecular weight excluding hydrogens is 172 g/mol. The Balaban J connectivity index is 1.69. The molecule has 0 aromatic carbocycles. The summed E-state index contributed by atoms with van der Waals surface area (Å²) in [7, 11) is 0. The number of hydrogen-bond acceptors (Lipinski definition) is 2. The van der Waals surface area contributed by atoms with E-state index in [0.717, 1.165) is 23.8 Å². The maximum Gasteiger partial charge on any atom is 0.0193 e. The summed E-state index contributed by atoms with van der Waals surface area (Å²) in [6, 6.07) is 0.877. The molecule has 14 heavy (non-hydrogen) atoms. The van der Waals surface area contributed by atoms with Crippen LogP contribution in [-0.4, -0.2) is 25.7 Å². The molecule has 2 aliphatic heterocycles. The summed E-state index contributed by atoms with van der Waals surface area (Å²) in [5.74, 6) is 2.73. The molecule has 3 atom stereocenters. The lowest BCUT2D eigenvalue weighted by atomic mass is 9.77. The largest absolute Gasteiger partial charge is 0.316 e. The molecule has 2 heterocycles. The van der Waals surface area contributed by atoms with Crippen LogP contribution in [-0.2, 0) is 0 Å². The van der Waals surface area contributed by atoms with E-state index in [2.05, 4.69) is 24.5 Å². The van der Waals surface area contributed by atoms with Gasteiger partial charge in [0.2, 0.25) is 0 Å². The van der Waals surface area contributed by atoms with Crippen molar-refractivity contribution in [2.45, 2.75) is 39.2 Å². The Morgan fingerprint density at radius 3 is 2.21 bits per heavy atom. The van der Waals surface area contributed by atoms with Crippen LogP contribution >= 0.6 is 0 Å². The van der Waals surface area contributed by atoms with E-state index in [9.17, 15) is 0 Å². The van der Waals surface area contributed by atoms with Gasteiger partial charge in [-0.2, -0.15) is 0 Å². The lowest BCUT2D eigenvalue weighted by molar-refractivity contribution is 0.181. The Morgan fingerprint density at radius 1 is 1.00 bits per heavy atom. The van der Waals surface area contributed by atoms with Gasteiger partial charge in [0, 0.05) is 12.6 Å². The molecule has 0 aromatic heterocycles. The Bertz CT molecular complexity index is 167. The first kappa shape index (κ1) is 10.4. The highest BCUT2D eigenvalue weighted by Crippen LogP contribution is 2.29. The van der Waals surface area contributed by atoms with Crippen LogP contribution < -0.4 is 10.6 Å². The van der Waals surface area contributed by atoms with E-state index in [1.54, 1.807) is 0 Å². The summed E-state index contributed by atoms with van der Waals surface area (Å²) in [5, 5.41) is 6.90. The van der Waals surface area contributed by atoms with Gasteiger partial charge in [0.1, 0.15) is 0 Å². The molecular formula is C12H24N2. The molecule has 2 nitrogen and oxygen atoms in total. The van der Waals surface area contributed by atoms with Crippen molar-refractivity contribution in [2.75, 3.05) is 19.6 Å². The molecule has 2 heteroatoms. The maximum atomic E-state index is 3.51. The van der Waals surface area contributed by atoms with Crippen molar-refractivity contribution in [1.82, 2.24) is 10.6 Å². The molecule has 2 N–H and O–H groups in total. The number of piperidine rings is 1. The highest BCUT2D eigenvalue weighted by molar-refractivity contribution is 4.85. The second-order valence-electron chi connectivity index (χ2n) is 5.31. The molecule has 0 saturated carbocycles. The van der Waals surface area contributed by atoms with E-state index in [-0.39, 0.29) is 0 Å². The van der Waals surface area contributed by atoms with Crippen LogP contribution in [0.5, 0.6) is 0 Å². The molecule has 0 bridgehead atoms. The molecule has 0 radical (unpaired) electrons. The number of hydrogen-bond donors (Lipinski definition) is 2. The molecule has 2 rings (SSSR count). The quantitative estimate of drug-likeness (QED) is 0.670. The van der Waals surface area contributed by atoms with Crippen molar-refractivity contribution in [2.24, 2.45) is 17.8 Å². The third-order valence-electron chi connectivity index (χ3n) is 3.98. The van der Waals surface area contributed by atoms with Crippen LogP contribution in [0.1, 0.15) is 33.1 Å². The van der Waals surface area contributed by atoms with Crippen LogP contribution in [0.3, 0.4) is 0 Å². The van der Waals surface area contributed by atoms with Gasteiger partial charge in [0.25, 0.3) is 0 Å². The van der Waals surface area contributed by atoms with Crippen LogP contribution in [0.4, 0.5) is 0 Å². The second-order valence-corrected chi connectivity index (χ2v) is 5.31. The fourth-order valence-electron chi connectivity index (χ4n) is 2.86. The minimum atomic E-state index is 0.877. The van der Waals surface area contributed by atoms with Crippen LogP contribution in [0.2, 0.25) is 0 Å². The van der Waals surface area contributed by atoms with Gasteiger partial charge in [0.05, 0.1) is 0 Å². The predicted molar refractivity (Wildman–Crippen MR) is 60.3 cm³/mol. The minimum Gasteiger partial charge on any atom is -0.316 e. The minimum absolute atomic E-state index is 0.877. The third-order valence-corrected chi connectivity index (χ3v) is 3.98. The lowest BCUT2D eigenvalue weighted by Gasteiger charge is -2.35. The van der Waals surface area contributed by atoms with Gasteiger partial charge >= 0.3 is 0 Å². The zero-order valence-corrected chi connectivity index (χ0v) is 9.55. The first-order valence-electron chi connectivity index (χ1n) is 6.21. The zero-order valence-electron chi connectivity index (χ0n) is 9.55. The summed E-state index contributed by atoms with van der Waals surface area (Å²) in [4.78, 5) is 0. The fourth-order valence-corrected chi connectivity index (χ4v) is 2.86. The van der Waals surface area contributed by atoms with E-state index < -0.39 is 0 Å². The Labute approximate surface area is 87.8 Å². The maximum absolute atomic E-state index is 3.51. The van der Waals surface area contributed by atoms with Gasteiger partial charge < -0.3 is 10.6 Å². The van der Waals surface area contributed by atoms with Crippen molar-refractivity contribution in [3.8, 4) is 0 Å². The normalized spacial score (nSPS) is 42.4. The highest BCUT2D eigenvalue weighted by Gasteiger charge is 2.27. The second kappa shape index (κ2) is 4.63. The standard InChI is InChI=1S/C12H24N2/c1-9-6-13-7-10(2)12(9)5-3-4-11-8-14-11/h9-14H,3-8H2,1-2H3. The number of rotatable bonds is 4. The van der Waals surface area contributed by atoms with Crippen LogP contribution in [0.15, 0.2) is 0 Å². The van der Waals surface area contributed by atoms with Crippen molar-refractivity contribution in [3.63, 3.8) is 0 Å². The average Bonchev–Trinajstić information content (AvgIpc) is 2.94. The molecule has 2 saturated heterocycles. The fraction of sp³-hybridized carbons (Fsp3) is 1.00. The van der Waals surface area contributed by atoms with Gasteiger partial charge in [-0.05, 0) is 43.7 Å². The summed E-state index contributed by atoms with van der Waals surface area (Å²) in [6.45, 7) is 8.55. The molecule has 2 aliphatic rings. The topological polar surface area (TPSA) is 34.0 Å². The van der Waals surface area contributed by atoms with Crippen molar-refractivity contribution >= 4 is 0 Å². The Morgan fingerprint density at radius 2 is 1.64 bits per heavy atom. The monoisotopic (exact) mass is 196 g/mol. The first-order chi connectivity index (χ1) is 6.77. The van der Waals surface area contributed by atoms with Gasteiger partial charge in [-0.15, -0.1) is 0 Å². The zero-order chi connectivity index (χ0) is 9.97. The van der Waals surface area contributed by atoms with Crippen LogP contribution in [0, 0.1) is 17.8 Å². The van der Waals surface area contributed by atoms with E-state index >= 15 is 0 Å². The Kier molecular flexibility index (Phi) is 3.45. The van der Waals surface area contributed by atoms with Crippen molar-refractivity contribution in [3.05, 3.63) is 0 Å². The predicted octanol–water partition coefficient (Wildman–Crippen LogP) is 1.62.